The van der Waals surface area contributed by atoms with E-state index < -0.39 is 22.0 Å². The average molecular weight is 322 g/mol. The van der Waals surface area contributed by atoms with Crippen molar-refractivity contribution in [2.45, 2.75) is 23.6 Å². The summed E-state index contributed by atoms with van der Waals surface area (Å²) < 4.78 is 26.5. The maximum Gasteiger partial charge on any atom is 0.305 e. The molecule has 1 saturated heterocycles. The second kappa shape index (κ2) is 5.78. The second-order valence-electron chi connectivity index (χ2n) is 4.14. The van der Waals surface area contributed by atoms with Crippen molar-refractivity contribution < 1.29 is 18.3 Å². The van der Waals surface area contributed by atoms with Crippen LogP contribution in [0.3, 0.4) is 0 Å². The predicted octanol–water partition coefficient (Wildman–Crippen LogP) is 1.03. The van der Waals surface area contributed by atoms with Gasteiger partial charge in [0.2, 0.25) is 0 Å². The van der Waals surface area contributed by atoms with Gasteiger partial charge in [0.15, 0.2) is 4.21 Å². The number of sulfonamides is 1. The first-order valence-electron chi connectivity index (χ1n) is 5.65. The maximum absolute atomic E-state index is 12.5. The minimum absolute atomic E-state index is 0.163. The Bertz CT molecular complexity index is 569. The molecule has 1 fully saturated rings. The highest BCUT2D eigenvalue weighted by Gasteiger charge is 2.35. The minimum Gasteiger partial charge on any atom is -0.481 e. The van der Waals surface area contributed by atoms with Crippen molar-refractivity contribution in [1.29, 1.82) is 0 Å². The van der Waals surface area contributed by atoms with E-state index in [0.717, 1.165) is 11.3 Å². The van der Waals surface area contributed by atoms with Gasteiger partial charge < -0.3 is 5.11 Å². The molecule has 0 aliphatic carbocycles. The van der Waals surface area contributed by atoms with Gasteiger partial charge in [0, 0.05) is 24.1 Å². The van der Waals surface area contributed by atoms with Gasteiger partial charge >= 0.3 is 5.97 Å². The fourth-order valence-corrected chi connectivity index (χ4v) is 6.03. The zero-order valence-electron chi connectivity index (χ0n) is 10.3. The Balaban J connectivity index is 2.28. The predicted molar refractivity (Wildman–Crippen MR) is 74.1 cm³/mol. The van der Waals surface area contributed by atoms with Crippen LogP contribution in [0.1, 0.15) is 11.4 Å². The minimum atomic E-state index is -3.62. The molecule has 1 N–H and O–H groups in total. The van der Waals surface area contributed by atoms with Crippen LogP contribution in [0.2, 0.25) is 0 Å². The molecular formula is C10H14N2O4S3. The Morgan fingerprint density at radius 3 is 2.95 bits per heavy atom. The van der Waals surface area contributed by atoms with Crippen LogP contribution in [-0.2, 0) is 14.8 Å². The molecule has 2 rings (SSSR count). The van der Waals surface area contributed by atoms with Crippen LogP contribution in [0, 0.1) is 6.92 Å². The van der Waals surface area contributed by atoms with Crippen LogP contribution in [0.25, 0.3) is 0 Å². The molecule has 0 radical (unpaired) electrons. The summed E-state index contributed by atoms with van der Waals surface area (Å²) in [7, 11) is -3.62. The van der Waals surface area contributed by atoms with Gasteiger partial charge in [-0.15, -0.1) is 11.3 Å². The molecule has 1 aromatic rings. The van der Waals surface area contributed by atoms with Crippen molar-refractivity contribution in [1.82, 2.24) is 9.29 Å². The van der Waals surface area contributed by atoms with Crippen LogP contribution in [-0.4, -0.2) is 52.9 Å². The number of aliphatic carboxylic acids is 1. The zero-order chi connectivity index (χ0) is 14.0. The van der Waals surface area contributed by atoms with Crippen molar-refractivity contribution in [3.8, 4) is 0 Å². The number of rotatable bonds is 4. The first-order chi connectivity index (χ1) is 8.91. The van der Waals surface area contributed by atoms with E-state index in [2.05, 4.69) is 4.98 Å². The lowest BCUT2D eigenvalue weighted by molar-refractivity contribution is -0.137. The zero-order valence-corrected chi connectivity index (χ0v) is 12.7. The fourth-order valence-electron chi connectivity index (χ4n) is 1.90. The van der Waals surface area contributed by atoms with E-state index in [9.17, 15) is 13.2 Å². The lowest BCUT2D eigenvalue weighted by Crippen LogP contribution is -2.46. The molecule has 0 saturated carbocycles. The van der Waals surface area contributed by atoms with Gasteiger partial charge in [-0.2, -0.15) is 16.1 Å². The van der Waals surface area contributed by atoms with Crippen LogP contribution in [0.5, 0.6) is 0 Å². The highest BCUT2D eigenvalue weighted by Crippen LogP contribution is 2.28. The third-order valence-electron chi connectivity index (χ3n) is 2.75. The van der Waals surface area contributed by atoms with Gasteiger partial charge in [-0.25, -0.2) is 13.4 Å². The summed E-state index contributed by atoms with van der Waals surface area (Å²) in [5.74, 6) is 0.226. The smallest absolute Gasteiger partial charge is 0.305 e. The van der Waals surface area contributed by atoms with E-state index in [1.807, 2.05) is 0 Å². The van der Waals surface area contributed by atoms with Gasteiger partial charge in [0.1, 0.15) is 0 Å². The van der Waals surface area contributed by atoms with E-state index in [1.54, 1.807) is 18.7 Å². The number of carboxylic acid groups (broad SMARTS) is 1. The summed E-state index contributed by atoms with van der Waals surface area (Å²) in [5.41, 5.74) is 0. The van der Waals surface area contributed by atoms with E-state index in [0.29, 0.717) is 23.1 Å². The molecule has 9 heteroatoms. The molecule has 1 aliphatic heterocycles. The first kappa shape index (κ1) is 14.8. The summed E-state index contributed by atoms with van der Waals surface area (Å²) in [4.78, 5) is 14.8. The highest BCUT2D eigenvalue weighted by molar-refractivity contribution is 7.99. The third kappa shape index (κ3) is 3.28. The number of nitrogens with zero attached hydrogens (tertiary/aromatic N) is 2. The van der Waals surface area contributed by atoms with Crippen LogP contribution in [0.15, 0.2) is 10.4 Å². The summed E-state index contributed by atoms with van der Waals surface area (Å²) in [5, 5.41) is 9.56. The molecule has 6 nitrogen and oxygen atoms in total. The molecule has 2 heterocycles. The lowest BCUT2D eigenvalue weighted by Gasteiger charge is -2.32. The standard InChI is InChI=1S/C10H14N2O4S3/c1-7-11-5-10(18-7)19(15,16)12-2-3-17-6-8(12)4-9(13)14/h5,8H,2-4,6H2,1H3,(H,13,14). The molecule has 1 aromatic heterocycles. The molecule has 1 unspecified atom stereocenters. The Kier molecular flexibility index (Phi) is 4.49. The number of carboxylic acids is 1. The van der Waals surface area contributed by atoms with Crippen LogP contribution < -0.4 is 0 Å². The van der Waals surface area contributed by atoms with Gasteiger partial charge in [0.25, 0.3) is 10.0 Å². The normalized spacial score (nSPS) is 21.4. The van der Waals surface area contributed by atoms with E-state index in [-0.39, 0.29) is 10.6 Å². The van der Waals surface area contributed by atoms with Gasteiger partial charge in [-0.05, 0) is 6.92 Å². The van der Waals surface area contributed by atoms with Crippen molar-refractivity contribution in [2.24, 2.45) is 0 Å². The van der Waals surface area contributed by atoms with Crippen LogP contribution in [0.4, 0.5) is 0 Å². The Hall–Kier alpha value is -0.640. The lowest BCUT2D eigenvalue weighted by atomic mass is 10.2. The number of carbonyl (C=O) groups is 1. The largest absolute Gasteiger partial charge is 0.481 e. The summed E-state index contributed by atoms with van der Waals surface area (Å²) >= 11 is 2.70. The number of thioether (sulfide) groups is 1. The molecule has 1 aliphatic rings. The van der Waals surface area contributed by atoms with Gasteiger partial charge in [-0.1, -0.05) is 0 Å². The van der Waals surface area contributed by atoms with E-state index in [4.69, 9.17) is 5.11 Å². The topological polar surface area (TPSA) is 87.6 Å². The quantitative estimate of drug-likeness (QED) is 0.891. The van der Waals surface area contributed by atoms with Gasteiger partial charge in [0.05, 0.1) is 17.6 Å². The Morgan fingerprint density at radius 2 is 2.37 bits per heavy atom. The summed E-state index contributed by atoms with van der Waals surface area (Å²) in [6.45, 7) is 2.09. The fraction of sp³-hybridized carbons (Fsp3) is 0.600. The molecule has 1 atom stereocenters. The third-order valence-corrected chi connectivity index (χ3v) is 7.14. The molecule has 106 valence electrons. The van der Waals surface area contributed by atoms with E-state index >= 15 is 0 Å². The van der Waals surface area contributed by atoms with Crippen molar-refractivity contribution in [2.75, 3.05) is 18.1 Å². The average Bonchev–Trinajstić information content (AvgIpc) is 2.76. The number of thiazole rings is 1. The van der Waals surface area contributed by atoms with E-state index in [1.165, 1.54) is 10.5 Å². The maximum atomic E-state index is 12.5. The Morgan fingerprint density at radius 1 is 1.63 bits per heavy atom. The van der Waals surface area contributed by atoms with Crippen molar-refractivity contribution in [3.63, 3.8) is 0 Å². The van der Waals surface area contributed by atoms with Gasteiger partial charge in [-0.3, -0.25) is 4.79 Å². The van der Waals surface area contributed by atoms with Crippen molar-refractivity contribution >= 4 is 39.1 Å². The monoisotopic (exact) mass is 322 g/mol. The SMILES string of the molecule is Cc1ncc(S(=O)(=O)N2CCSCC2CC(=O)O)s1. The summed E-state index contributed by atoms with van der Waals surface area (Å²) in [6.07, 6.45) is 1.18. The first-order valence-corrected chi connectivity index (χ1v) is 9.06. The molecule has 0 bridgehead atoms. The molecule has 19 heavy (non-hydrogen) atoms. The van der Waals surface area contributed by atoms with Crippen molar-refractivity contribution in [3.05, 3.63) is 11.2 Å². The molecule has 0 aromatic carbocycles. The molecular weight excluding hydrogens is 308 g/mol. The number of hydrogen-bond donors (Lipinski definition) is 1. The number of aromatic nitrogens is 1. The number of hydrogen-bond acceptors (Lipinski definition) is 6. The summed E-state index contributed by atoms with van der Waals surface area (Å²) in [6, 6.07) is -0.483. The molecule has 0 amide bonds. The number of aryl methyl sites for hydroxylation is 1. The van der Waals surface area contributed by atoms with Crippen LogP contribution >= 0.6 is 23.1 Å². The Labute approximate surface area is 119 Å². The second-order valence-corrected chi connectivity index (χ2v) is 8.64. The molecule has 0 spiro atoms. The highest BCUT2D eigenvalue weighted by atomic mass is 32.2.